The zero-order chi connectivity index (χ0) is 15.6. The third-order valence-corrected chi connectivity index (χ3v) is 4.42. The molecule has 22 heavy (non-hydrogen) atoms. The van der Waals surface area contributed by atoms with E-state index in [0.717, 1.165) is 18.5 Å². The van der Waals surface area contributed by atoms with Crippen LogP contribution < -0.4 is 10.9 Å². The normalized spacial score (nSPS) is 17.2. The van der Waals surface area contributed by atoms with E-state index in [4.69, 9.17) is 9.47 Å². The van der Waals surface area contributed by atoms with Crippen LogP contribution in [0.4, 0.5) is 5.13 Å². The van der Waals surface area contributed by atoms with Crippen LogP contribution in [0.5, 0.6) is 0 Å². The van der Waals surface area contributed by atoms with Gasteiger partial charge in [-0.2, -0.15) is 4.52 Å². The van der Waals surface area contributed by atoms with Crippen molar-refractivity contribution in [3.8, 4) is 0 Å². The smallest absolute Gasteiger partial charge is 0.275 e. The Kier molecular flexibility index (Phi) is 4.42. The molecule has 0 bridgehead atoms. The van der Waals surface area contributed by atoms with Crippen molar-refractivity contribution in [2.45, 2.75) is 38.9 Å². The summed E-state index contributed by atoms with van der Waals surface area (Å²) in [6.45, 7) is 5.93. The Hall–Kier alpha value is -1.51. The van der Waals surface area contributed by atoms with Gasteiger partial charge in [0.1, 0.15) is 0 Å². The van der Waals surface area contributed by atoms with E-state index in [-0.39, 0.29) is 5.56 Å². The summed E-state index contributed by atoms with van der Waals surface area (Å²) in [6.07, 6.45) is 2.48. The lowest BCUT2D eigenvalue weighted by atomic mass is 10.2. The summed E-state index contributed by atoms with van der Waals surface area (Å²) >= 11 is 1.38. The van der Waals surface area contributed by atoms with Crippen LogP contribution in [-0.2, 0) is 15.9 Å². The zero-order valence-corrected chi connectivity index (χ0v) is 13.6. The lowest BCUT2D eigenvalue weighted by molar-refractivity contribution is -0.144. The summed E-state index contributed by atoms with van der Waals surface area (Å²) in [5, 5.41) is 8.16. The van der Waals surface area contributed by atoms with Crippen molar-refractivity contribution in [3.05, 3.63) is 22.1 Å². The molecule has 2 aromatic rings. The van der Waals surface area contributed by atoms with Gasteiger partial charge in [-0.05, 0) is 13.3 Å². The first-order valence-electron chi connectivity index (χ1n) is 7.51. The summed E-state index contributed by atoms with van der Waals surface area (Å²) in [4.78, 5) is 17.1. The number of hydrogen-bond donors (Lipinski definition) is 1. The van der Waals surface area contributed by atoms with Crippen LogP contribution in [0, 0.1) is 0 Å². The van der Waals surface area contributed by atoms with Crippen LogP contribution in [0.25, 0.3) is 4.96 Å². The van der Waals surface area contributed by atoms with Gasteiger partial charge in [0.25, 0.3) is 5.56 Å². The fraction of sp³-hybridized carbons (Fsp3) is 0.643. The van der Waals surface area contributed by atoms with Gasteiger partial charge in [-0.15, -0.1) is 5.10 Å². The molecule has 1 N–H and O–H groups in total. The molecule has 0 amide bonds. The molecule has 0 aliphatic carbocycles. The van der Waals surface area contributed by atoms with E-state index in [1.807, 2.05) is 6.92 Å². The topological polar surface area (TPSA) is 77.8 Å². The highest BCUT2D eigenvalue weighted by atomic mass is 32.1. The van der Waals surface area contributed by atoms with Crippen molar-refractivity contribution >= 4 is 21.4 Å². The summed E-state index contributed by atoms with van der Waals surface area (Å²) < 4.78 is 12.4. The van der Waals surface area contributed by atoms with Gasteiger partial charge in [-0.3, -0.25) is 4.79 Å². The van der Waals surface area contributed by atoms with Gasteiger partial charge in [0.2, 0.25) is 10.1 Å². The van der Waals surface area contributed by atoms with Gasteiger partial charge in [0.15, 0.2) is 5.79 Å². The lowest BCUT2D eigenvalue weighted by Gasteiger charge is -2.21. The monoisotopic (exact) mass is 324 g/mol. The van der Waals surface area contributed by atoms with Gasteiger partial charge in [-0.1, -0.05) is 24.7 Å². The van der Waals surface area contributed by atoms with Crippen LogP contribution in [0.2, 0.25) is 0 Å². The zero-order valence-electron chi connectivity index (χ0n) is 12.8. The lowest BCUT2D eigenvalue weighted by Crippen LogP contribution is -2.28. The fourth-order valence-electron chi connectivity index (χ4n) is 2.41. The number of ether oxygens (including phenoxy) is 2. The number of anilines is 1. The summed E-state index contributed by atoms with van der Waals surface area (Å²) in [6, 6.07) is 1.56. The minimum absolute atomic E-state index is 0.132. The molecule has 1 aliphatic rings. The Morgan fingerprint density at radius 3 is 2.95 bits per heavy atom. The second-order valence-electron chi connectivity index (χ2n) is 5.44. The average molecular weight is 324 g/mol. The van der Waals surface area contributed by atoms with E-state index in [9.17, 15) is 4.79 Å². The molecule has 0 saturated carbocycles. The van der Waals surface area contributed by atoms with Crippen molar-refractivity contribution < 1.29 is 9.47 Å². The molecule has 1 saturated heterocycles. The Balaban J connectivity index is 1.69. The quantitative estimate of drug-likeness (QED) is 0.871. The number of rotatable bonds is 6. The van der Waals surface area contributed by atoms with E-state index >= 15 is 0 Å². The molecule has 0 atom stereocenters. The first-order valence-corrected chi connectivity index (χ1v) is 8.33. The Labute approximate surface area is 132 Å². The first kappa shape index (κ1) is 15.4. The first-order chi connectivity index (χ1) is 10.6. The Bertz CT molecular complexity index is 706. The van der Waals surface area contributed by atoms with Crippen LogP contribution >= 0.6 is 11.3 Å². The molecule has 0 aromatic carbocycles. The maximum Gasteiger partial charge on any atom is 0.275 e. The second-order valence-corrected chi connectivity index (χ2v) is 6.40. The van der Waals surface area contributed by atoms with Gasteiger partial charge in [0, 0.05) is 24.7 Å². The maximum atomic E-state index is 12.0. The van der Waals surface area contributed by atoms with Crippen molar-refractivity contribution in [1.29, 1.82) is 0 Å². The SMILES string of the molecule is CCCc1cc(=O)n2nc(NCCC3(C)OCCO3)sc2n1. The number of nitrogens with one attached hydrogen (secondary N) is 1. The van der Waals surface area contributed by atoms with E-state index in [1.165, 1.54) is 15.9 Å². The molecule has 1 fully saturated rings. The molecule has 2 aromatic heterocycles. The van der Waals surface area contributed by atoms with E-state index in [1.54, 1.807) is 6.07 Å². The predicted molar refractivity (Wildman–Crippen MR) is 84.5 cm³/mol. The number of hydrogen-bond acceptors (Lipinski definition) is 7. The fourth-order valence-corrected chi connectivity index (χ4v) is 3.26. The van der Waals surface area contributed by atoms with Crippen LogP contribution in [0.15, 0.2) is 10.9 Å². The largest absolute Gasteiger partial charge is 0.360 e. The molecule has 0 unspecified atom stereocenters. The number of aromatic nitrogens is 3. The van der Waals surface area contributed by atoms with Gasteiger partial charge in [-0.25, -0.2) is 4.98 Å². The van der Waals surface area contributed by atoms with Crippen LogP contribution in [-0.4, -0.2) is 40.1 Å². The number of nitrogens with zero attached hydrogens (tertiary/aromatic N) is 3. The van der Waals surface area contributed by atoms with Crippen molar-refractivity contribution in [3.63, 3.8) is 0 Å². The van der Waals surface area contributed by atoms with E-state index < -0.39 is 5.79 Å². The molecule has 0 spiro atoms. The summed E-state index contributed by atoms with van der Waals surface area (Å²) in [5.74, 6) is -0.521. The number of fused-ring (bicyclic) bond motifs is 1. The highest BCUT2D eigenvalue weighted by molar-refractivity contribution is 7.20. The van der Waals surface area contributed by atoms with Crippen molar-refractivity contribution in [2.24, 2.45) is 0 Å². The van der Waals surface area contributed by atoms with Gasteiger partial charge >= 0.3 is 0 Å². The standard InChI is InChI=1S/C14H20N4O3S/c1-3-4-10-9-11(19)18-13(16-10)22-12(17-18)15-6-5-14(2)20-7-8-21-14/h9H,3-8H2,1-2H3,(H,15,17). The van der Waals surface area contributed by atoms with Gasteiger partial charge < -0.3 is 14.8 Å². The van der Waals surface area contributed by atoms with E-state index in [2.05, 4.69) is 22.3 Å². The summed E-state index contributed by atoms with van der Waals surface area (Å²) in [5.41, 5.74) is 0.690. The predicted octanol–water partition coefficient (Wildman–Crippen LogP) is 1.67. The molecule has 3 rings (SSSR count). The Morgan fingerprint density at radius 2 is 2.23 bits per heavy atom. The van der Waals surface area contributed by atoms with Crippen molar-refractivity contribution in [2.75, 3.05) is 25.1 Å². The minimum atomic E-state index is -0.521. The molecule has 8 heteroatoms. The van der Waals surface area contributed by atoms with Crippen LogP contribution in [0.3, 0.4) is 0 Å². The van der Waals surface area contributed by atoms with Crippen molar-refractivity contribution in [1.82, 2.24) is 14.6 Å². The average Bonchev–Trinajstić information content (AvgIpc) is 3.06. The molecule has 0 radical (unpaired) electrons. The molecule has 120 valence electrons. The molecule has 3 heterocycles. The molecule has 1 aliphatic heterocycles. The number of aryl methyl sites for hydroxylation is 1. The molecule has 7 nitrogen and oxygen atoms in total. The summed E-state index contributed by atoms with van der Waals surface area (Å²) in [7, 11) is 0. The Morgan fingerprint density at radius 1 is 1.45 bits per heavy atom. The highest BCUT2D eigenvalue weighted by Crippen LogP contribution is 2.23. The highest BCUT2D eigenvalue weighted by Gasteiger charge is 2.30. The minimum Gasteiger partial charge on any atom is -0.360 e. The third-order valence-electron chi connectivity index (χ3n) is 3.56. The third kappa shape index (κ3) is 3.29. The van der Waals surface area contributed by atoms with E-state index in [0.29, 0.717) is 36.3 Å². The maximum absolute atomic E-state index is 12.0. The van der Waals surface area contributed by atoms with Crippen LogP contribution in [0.1, 0.15) is 32.4 Å². The van der Waals surface area contributed by atoms with Gasteiger partial charge in [0.05, 0.1) is 13.2 Å². The molecular weight excluding hydrogens is 304 g/mol. The second kappa shape index (κ2) is 6.31. The molecular formula is C14H20N4O3S.